The van der Waals surface area contributed by atoms with Gasteiger partial charge in [0.1, 0.15) is 22.8 Å². The number of benzene rings is 2. The third-order valence-corrected chi connectivity index (χ3v) is 3.26. The molecule has 110 valence electrons. The van der Waals surface area contributed by atoms with Crippen LogP contribution in [0.4, 0.5) is 10.1 Å². The van der Waals surface area contributed by atoms with Crippen LogP contribution >= 0.6 is 0 Å². The van der Waals surface area contributed by atoms with Gasteiger partial charge in [-0.1, -0.05) is 47.6 Å². The summed E-state index contributed by atoms with van der Waals surface area (Å²) < 4.78 is 18.8. The summed E-state index contributed by atoms with van der Waals surface area (Å²) in [4.78, 5) is 12.5. The van der Waals surface area contributed by atoms with Crippen molar-refractivity contribution >= 4 is 11.6 Å². The predicted octanol–water partition coefficient (Wildman–Crippen LogP) is 4.04. The van der Waals surface area contributed by atoms with Crippen molar-refractivity contribution in [1.82, 2.24) is 5.16 Å². The van der Waals surface area contributed by atoms with Crippen LogP contribution < -0.4 is 5.32 Å². The number of nitrogens with one attached hydrogen (secondary N) is 1. The van der Waals surface area contributed by atoms with Gasteiger partial charge in [-0.05, 0) is 19.1 Å². The maximum atomic E-state index is 13.7. The van der Waals surface area contributed by atoms with Crippen LogP contribution in [0, 0.1) is 12.7 Å². The lowest BCUT2D eigenvalue weighted by Crippen LogP contribution is -2.14. The van der Waals surface area contributed by atoms with Crippen LogP contribution in [-0.4, -0.2) is 11.1 Å². The van der Waals surface area contributed by atoms with E-state index < -0.39 is 11.7 Å². The molecule has 3 aromatic rings. The number of amides is 1. The van der Waals surface area contributed by atoms with Crippen molar-refractivity contribution in [2.45, 2.75) is 6.92 Å². The van der Waals surface area contributed by atoms with Gasteiger partial charge in [0.2, 0.25) is 0 Å². The first kappa shape index (κ1) is 14.0. The summed E-state index contributed by atoms with van der Waals surface area (Å²) in [6.07, 6.45) is 0. The fourth-order valence-electron chi connectivity index (χ4n) is 2.18. The van der Waals surface area contributed by atoms with Crippen molar-refractivity contribution in [3.05, 3.63) is 71.7 Å². The Morgan fingerprint density at radius 2 is 1.77 bits per heavy atom. The third-order valence-electron chi connectivity index (χ3n) is 3.26. The molecule has 0 aliphatic rings. The average Bonchev–Trinajstić information content (AvgIpc) is 2.92. The molecule has 0 radical (unpaired) electrons. The molecule has 22 heavy (non-hydrogen) atoms. The topological polar surface area (TPSA) is 55.1 Å². The molecule has 0 saturated carbocycles. The Kier molecular flexibility index (Phi) is 3.70. The molecule has 1 amide bonds. The lowest BCUT2D eigenvalue weighted by Gasteiger charge is -2.06. The molecule has 0 bridgehead atoms. The van der Waals surface area contributed by atoms with E-state index >= 15 is 0 Å². The minimum absolute atomic E-state index is 0.118. The van der Waals surface area contributed by atoms with Gasteiger partial charge < -0.3 is 9.84 Å². The maximum absolute atomic E-state index is 13.7. The molecule has 0 aliphatic heterocycles. The van der Waals surface area contributed by atoms with Crippen molar-refractivity contribution in [3.63, 3.8) is 0 Å². The summed E-state index contributed by atoms with van der Waals surface area (Å²) in [7, 11) is 0. The molecule has 1 heterocycles. The van der Waals surface area contributed by atoms with Gasteiger partial charge in [0.15, 0.2) is 0 Å². The fraction of sp³-hybridized carbons (Fsp3) is 0.0588. The van der Waals surface area contributed by atoms with Crippen LogP contribution in [-0.2, 0) is 0 Å². The normalized spacial score (nSPS) is 10.5. The van der Waals surface area contributed by atoms with Gasteiger partial charge in [-0.15, -0.1) is 0 Å². The lowest BCUT2D eigenvalue weighted by molar-refractivity contribution is 0.102. The predicted molar refractivity (Wildman–Crippen MR) is 81.0 cm³/mol. The van der Waals surface area contributed by atoms with Crippen LogP contribution in [0.15, 0.2) is 59.1 Å². The highest BCUT2D eigenvalue weighted by Crippen LogP contribution is 2.26. The van der Waals surface area contributed by atoms with Gasteiger partial charge in [-0.2, -0.15) is 0 Å². The van der Waals surface area contributed by atoms with Crippen molar-refractivity contribution in [3.8, 4) is 11.3 Å². The number of nitrogens with zero attached hydrogens (tertiary/aromatic N) is 1. The first-order valence-corrected chi connectivity index (χ1v) is 6.74. The Hall–Kier alpha value is -2.95. The molecule has 0 aliphatic carbocycles. The van der Waals surface area contributed by atoms with Gasteiger partial charge in [0, 0.05) is 5.56 Å². The summed E-state index contributed by atoms with van der Waals surface area (Å²) in [6, 6.07) is 15.2. The number of aromatic nitrogens is 1. The van der Waals surface area contributed by atoms with Crippen LogP contribution in [0.1, 0.15) is 16.1 Å². The average molecular weight is 296 g/mol. The minimum atomic E-state index is -0.494. The summed E-state index contributed by atoms with van der Waals surface area (Å²) in [5.74, 6) is -0.568. The van der Waals surface area contributed by atoms with E-state index in [2.05, 4.69) is 10.5 Å². The van der Waals surface area contributed by atoms with Gasteiger partial charge in [-0.3, -0.25) is 4.79 Å². The van der Waals surface area contributed by atoms with Crippen molar-refractivity contribution < 1.29 is 13.7 Å². The monoisotopic (exact) mass is 296 g/mol. The van der Waals surface area contributed by atoms with Crippen LogP contribution in [0.3, 0.4) is 0 Å². The Balaban J connectivity index is 1.97. The van der Waals surface area contributed by atoms with E-state index in [0.717, 1.165) is 5.56 Å². The first-order valence-electron chi connectivity index (χ1n) is 6.74. The van der Waals surface area contributed by atoms with E-state index in [9.17, 15) is 9.18 Å². The number of halogens is 1. The Labute approximate surface area is 126 Å². The van der Waals surface area contributed by atoms with Crippen LogP contribution in [0.2, 0.25) is 0 Å². The SMILES string of the molecule is Cc1onc(-c2ccccc2)c1C(=O)Nc1ccccc1F. The molecule has 1 aromatic heterocycles. The van der Waals surface area contributed by atoms with Crippen molar-refractivity contribution in [1.29, 1.82) is 0 Å². The molecule has 5 heteroatoms. The molecule has 0 atom stereocenters. The van der Waals surface area contributed by atoms with Crippen LogP contribution in [0.25, 0.3) is 11.3 Å². The number of rotatable bonds is 3. The Bertz CT molecular complexity index is 813. The van der Waals surface area contributed by atoms with E-state index in [1.807, 2.05) is 30.3 Å². The van der Waals surface area contributed by atoms with Crippen molar-refractivity contribution in [2.24, 2.45) is 0 Å². The smallest absolute Gasteiger partial charge is 0.261 e. The molecular formula is C17H13FN2O2. The zero-order chi connectivity index (χ0) is 15.5. The van der Waals surface area contributed by atoms with Gasteiger partial charge in [0.25, 0.3) is 5.91 Å². The third kappa shape index (κ3) is 2.61. The second kappa shape index (κ2) is 5.81. The quantitative estimate of drug-likeness (QED) is 0.793. The van der Waals surface area contributed by atoms with Gasteiger partial charge in [0.05, 0.1) is 5.69 Å². The molecule has 0 saturated heterocycles. The highest BCUT2D eigenvalue weighted by molar-refractivity contribution is 6.08. The van der Waals surface area contributed by atoms with Gasteiger partial charge >= 0.3 is 0 Å². The molecule has 1 N–H and O–H groups in total. The highest BCUT2D eigenvalue weighted by Gasteiger charge is 2.22. The van der Waals surface area contributed by atoms with E-state index in [1.54, 1.807) is 19.1 Å². The summed E-state index contributed by atoms with van der Waals surface area (Å²) in [6.45, 7) is 1.65. The lowest BCUT2D eigenvalue weighted by atomic mass is 10.1. The zero-order valence-corrected chi connectivity index (χ0v) is 11.8. The zero-order valence-electron chi connectivity index (χ0n) is 11.8. The number of hydrogen-bond acceptors (Lipinski definition) is 3. The summed E-state index contributed by atoms with van der Waals surface area (Å²) >= 11 is 0. The van der Waals surface area contributed by atoms with E-state index in [1.165, 1.54) is 12.1 Å². The fourth-order valence-corrected chi connectivity index (χ4v) is 2.18. The van der Waals surface area contributed by atoms with Crippen LogP contribution in [0.5, 0.6) is 0 Å². The summed E-state index contributed by atoms with van der Waals surface area (Å²) in [5, 5.41) is 6.49. The molecule has 0 fully saturated rings. The molecule has 3 rings (SSSR count). The summed E-state index contributed by atoms with van der Waals surface area (Å²) in [5.41, 5.74) is 1.62. The number of anilines is 1. The number of hydrogen-bond donors (Lipinski definition) is 1. The second-order valence-electron chi connectivity index (χ2n) is 4.76. The molecule has 2 aromatic carbocycles. The van der Waals surface area contributed by atoms with Gasteiger partial charge in [-0.25, -0.2) is 4.39 Å². The number of carbonyl (C=O) groups is 1. The minimum Gasteiger partial charge on any atom is -0.360 e. The standard InChI is InChI=1S/C17H13FN2O2/c1-11-15(16(20-22-11)12-7-3-2-4-8-12)17(21)19-14-10-6-5-9-13(14)18/h2-10H,1H3,(H,19,21). The second-order valence-corrected chi connectivity index (χ2v) is 4.76. The largest absolute Gasteiger partial charge is 0.360 e. The number of para-hydroxylation sites is 1. The Morgan fingerprint density at radius 1 is 1.09 bits per heavy atom. The first-order chi connectivity index (χ1) is 10.7. The van der Waals surface area contributed by atoms with Crippen molar-refractivity contribution in [2.75, 3.05) is 5.32 Å². The highest BCUT2D eigenvalue weighted by atomic mass is 19.1. The van der Waals surface area contributed by atoms with E-state index in [0.29, 0.717) is 17.0 Å². The number of carbonyl (C=O) groups excluding carboxylic acids is 1. The number of aryl methyl sites for hydroxylation is 1. The molecule has 0 unspecified atom stereocenters. The molecular weight excluding hydrogens is 283 g/mol. The molecule has 4 nitrogen and oxygen atoms in total. The Morgan fingerprint density at radius 3 is 2.50 bits per heavy atom. The van der Waals surface area contributed by atoms with E-state index in [4.69, 9.17) is 4.52 Å². The van der Waals surface area contributed by atoms with E-state index in [-0.39, 0.29) is 5.69 Å². The maximum Gasteiger partial charge on any atom is 0.261 e. The molecule has 0 spiro atoms.